The summed E-state index contributed by atoms with van der Waals surface area (Å²) < 4.78 is 0. The lowest BCUT2D eigenvalue weighted by Gasteiger charge is -2.35. The number of benzene rings is 5. The van der Waals surface area contributed by atoms with Crippen molar-refractivity contribution in [1.82, 2.24) is 9.80 Å². The van der Waals surface area contributed by atoms with Crippen LogP contribution >= 0.6 is 0 Å². The summed E-state index contributed by atoms with van der Waals surface area (Å²) in [4.78, 5) is 62.6. The second-order valence-electron chi connectivity index (χ2n) is 13.8. The second-order valence-corrected chi connectivity index (χ2v) is 13.8. The number of hydrogen-bond donors (Lipinski definition) is 0. The smallest absolute Gasteiger partial charge is 0.261 e. The predicted molar refractivity (Wildman–Crippen MR) is 177 cm³/mol. The molecule has 5 aromatic carbocycles. The molecule has 2 aliphatic heterocycles. The lowest BCUT2D eigenvalue weighted by atomic mass is 9.80. The Balaban J connectivity index is 1.58. The summed E-state index contributed by atoms with van der Waals surface area (Å²) in [7, 11) is 0. The SMILES string of the molecule is [C-]#[N+]c1cc2c3c(ccc4c5c(C)cc6c7c(ccc(c1c34)c75)C(=O)N(C(C)CC(C)C)C6=O)C(=O)N(C(C)CC(C)C)C2=O. The molecule has 226 valence electrons. The van der Waals surface area contributed by atoms with Crippen molar-refractivity contribution in [3.8, 4) is 0 Å². The van der Waals surface area contributed by atoms with Crippen LogP contribution in [0.4, 0.5) is 5.69 Å². The quantitative estimate of drug-likeness (QED) is 0.0849. The van der Waals surface area contributed by atoms with Gasteiger partial charge in [0, 0.05) is 45.1 Å². The molecule has 2 atom stereocenters. The molecule has 2 aliphatic rings. The van der Waals surface area contributed by atoms with Crippen LogP contribution in [0, 0.1) is 25.3 Å². The van der Waals surface area contributed by atoms with Crippen molar-refractivity contribution in [2.24, 2.45) is 11.8 Å². The number of nitrogens with zero attached hydrogens (tertiary/aromatic N) is 3. The Labute approximate surface area is 261 Å². The molecular formula is C38H35N3O4. The maximum Gasteiger partial charge on any atom is 0.261 e. The number of aryl methyl sites for hydroxylation is 1. The first-order valence-electron chi connectivity index (χ1n) is 15.7. The normalized spacial score (nSPS) is 16.4. The Morgan fingerprint density at radius 2 is 1.00 bits per heavy atom. The number of carbonyl (C=O) groups excluding carboxylic acids is 4. The van der Waals surface area contributed by atoms with Crippen LogP contribution in [0.5, 0.6) is 0 Å². The molecule has 7 rings (SSSR count). The van der Waals surface area contributed by atoms with Crippen LogP contribution in [0.1, 0.15) is 101 Å². The highest BCUT2D eigenvalue weighted by Gasteiger charge is 2.40. The van der Waals surface area contributed by atoms with Gasteiger partial charge in [0.1, 0.15) is 0 Å². The number of rotatable bonds is 6. The molecule has 4 amide bonds. The largest absolute Gasteiger partial charge is 0.272 e. The second kappa shape index (κ2) is 9.84. The van der Waals surface area contributed by atoms with E-state index in [4.69, 9.17) is 6.57 Å². The van der Waals surface area contributed by atoms with E-state index in [0.717, 1.165) is 27.1 Å². The van der Waals surface area contributed by atoms with E-state index < -0.39 is 0 Å². The summed E-state index contributed by atoms with van der Waals surface area (Å²) in [6.45, 7) is 22.2. The number of carbonyl (C=O) groups is 4. The maximum atomic E-state index is 14.0. The van der Waals surface area contributed by atoms with Gasteiger partial charge in [-0.3, -0.25) is 29.0 Å². The Hall–Kier alpha value is -4.83. The van der Waals surface area contributed by atoms with Crippen molar-refractivity contribution < 1.29 is 19.2 Å². The van der Waals surface area contributed by atoms with E-state index in [1.54, 1.807) is 18.2 Å². The van der Waals surface area contributed by atoms with Crippen molar-refractivity contribution in [3.63, 3.8) is 0 Å². The van der Waals surface area contributed by atoms with E-state index in [1.807, 2.05) is 39.0 Å². The van der Waals surface area contributed by atoms with Gasteiger partial charge in [-0.1, -0.05) is 39.8 Å². The van der Waals surface area contributed by atoms with Crippen LogP contribution in [-0.4, -0.2) is 45.5 Å². The minimum Gasteiger partial charge on any atom is -0.272 e. The maximum absolute atomic E-state index is 14.0. The highest BCUT2D eigenvalue weighted by molar-refractivity contribution is 6.43. The van der Waals surface area contributed by atoms with Crippen LogP contribution in [0.3, 0.4) is 0 Å². The monoisotopic (exact) mass is 597 g/mol. The Morgan fingerprint density at radius 3 is 1.47 bits per heavy atom. The molecular weight excluding hydrogens is 562 g/mol. The molecule has 2 unspecified atom stereocenters. The van der Waals surface area contributed by atoms with Crippen LogP contribution in [-0.2, 0) is 0 Å². The molecule has 0 radical (unpaired) electrons. The standard InChI is InChI=1S/C38H35N3O4/c1-17(2)13-20(6)40-35(42)24-12-10-23-32-28(39-8)16-27-31-25(36(43)41(38(27)45)21(7)14-18(3)4)11-9-22(34(31)32)29-19(5)15-26(37(40)44)30(24)33(23)29/h9-12,15-18,20-21H,13-14H2,1-7H3. The fraction of sp³-hybridized carbons (Fsp3) is 0.342. The Morgan fingerprint density at radius 1 is 0.578 bits per heavy atom. The van der Waals surface area contributed by atoms with Crippen molar-refractivity contribution in [1.29, 1.82) is 0 Å². The first kappa shape index (κ1) is 28.9. The Kier molecular flexibility index (Phi) is 6.32. The van der Waals surface area contributed by atoms with Crippen molar-refractivity contribution >= 4 is 72.4 Å². The van der Waals surface area contributed by atoms with E-state index >= 15 is 0 Å². The van der Waals surface area contributed by atoms with E-state index in [2.05, 4.69) is 32.5 Å². The molecule has 5 aromatic rings. The van der Waals surface area contributed by atoms with Crippen LogP contribution in [0.2, 0.25) is 0 Å². The van der Waals surface area contributed by atoms with Gasteiger partial charge in [0.15, 0.2) is 5.69 Å². The van der Waals surface area contributed by atoms with E-state index in [9.17, 15) is 19.2 Å². The van der Waals surface area contributed by atoms with E-state index in [0.29, 0.717) is 74.2 Å². The predicted octanol–water partition coefficient (Wildman–Crippen LogP) is 8.66. The highest BCUT2D eigenvalue weighted by Crippen LogP contribution is 2.50. The van der Waals surface area contributed by atoms with Crippen molar-refractivity contribution in [3.05, 3.63) is 75.6 Å². The van der Waals surface area contributed by atoms with Gasteiger partial charge in [-0.15, -0.1) is 0 Å². The number of hydrogen-bond acceptors (Lipinski definition) is 4. The van der Waals surface area contributed by atoms with Gasteiger partial charge in [0.25, 0.3) is 23.6 Å². The minimum atomic E-state index is -0.381. The summed E-state index contributed by atoms with van der Waals surface area (Å²) in [5.74, 6) is -0.714. The molecule has 0 saturated heterocycles. The topological polar surface area (TPSA) is 79.1 Å². The first-order chi connectivity index (χ1) is 21.4. The summed E-state index contributed by atoms with van der Waals surface area (Å²) in [5.41, 5.74) is 2.92. The summed E-state index contributed by atoms with van der Waals surface area (Å²) in [6.07, 6.45) is 1.37. The highest BCUT2D eigenvalue weighted by atomic mass is 16.2. The fourth-order valence-electron chi connectivity index (χ4n) is 8.15. The minimum absolute atomic E-state index is 0.260. The van der Waals surface area contributed by atoms with Crippen molar-refractivity contribution in [2.45, 2.75) is 73.4 Å². The van der Waals surface area contributed by atoms with Crippen LogP contribution in [0.25, 0.3) is 47.9 Å². The third-order valence-electron chi connectivity index (χ3n) is 9.70. The van der Waals surface area contributed by atoms with Gasteiger partial charge in [0.2, 0.25) is 0 Å². The molecule has 0 aromatic heterocycles. The van der Waals surface area contributed by atoms with E-state index in [1.165, 1.54) is 9.80 Å². The summed E-state index contributed by atoms with van der Waals surface area (Å²) in [5, 5.41) is 5.66. The molecule has 0 spiro atoms. The number of imide groups is 2. The molecule has 7 nitrogen and oxygen atoms in total. The van der Waals surface area contributed by atoms with Gasteiger partial charge in [0.05, 0.1) is 6.57 Å². The third-order valence-corrected chi connectivity index (χ3v) is 9.70. The van der Waals surface area contributed by atoms with Crippen molar-refractivity contribution in [2.75, 3.05) is 0 Å². The van der Waals surface area contributed by atoms with Gasteiger partial charge < -0.3 is 0 Å². The molecule has 0 fully saturated rings. The fourth-order valence-corrected chi connectivity index (χ4v) is 8.15. The van der Waals surface area contributed by atoms with Gasteiger partial charge in [-0.05, 0) is 108 Å². The molecule has 2 heterocycles. The molecule has 7 heteroatoms. The lowest BCUT2D eigenvalue weighted by Crippen LogP contribution is -2.46. The lowest BCUT2D eigenvalue weighted by molar-refractivity contribution is 0.0519. The van der Waals surface area contributed by atoms with Gasteiger partial charge in [-0.2, -0.15) is 0 Å². The molecule has 0 aliphatic carbocycles. The molecule has 0 N–H and O–H groups in total. The molecule has 0 bridgehead atoms. The zero-order valence-electron chi connectivity index (χ0n) is 26.7. The van der Waals surface area contributed by atoms with Crippen LogP contribution in [0.15, 0.2) is 36.4 Å². The average Bonchev–Trinajstić information content (AvgIpc) is 2.97. The van der Waals surface area contributed by atoms with Gasteiger partial charge in [-0.25, -0.2) is 4.85 Å². The van der Waals surface area contributed by atoms with E-state index in [-0.39, 0.29) is 35.7 Å². The Bertz CT molecular complexity index is 2220. The number of fused-ring (bicyclic) bond motifs is 2. The summed E-state index contributed by atoms with van der Waals surface area (Å²) in [6, 6.07) is 10.3. The van der Waals surface area contributed by atoms with Crippen LogP contribution < -0.4 is 0 Å². The zero-order valence-corrected chi connectivity index (χ0v) is 26.7. The average molecular weight is 598 g/mol. The molecule has 45 heavy (non-hydrogen) atoms. The summed E-state index contributed by atoms with van der Waals surface area (Å²) >= 11 is 0. The first-order valence-corrected chi connectivity index (χ1v) is 15.7. The van der Waals surface area contributed by atoms with Gasteiger partial charge >= 0.3 is 0 Å². The number of amides is 4. The zero-order chi connectivity index (χ0) is 32.2. The molecule has 0 saturated carbocycles. The third kappa shape index (κ3) is 3.81.